The van der Waals surface area contributed by atoms with Crippen LogP contribution in [0.1, 0.15) is 11.1 Å². The zero-order valence-electron chi connectivity index (χ0n) is 12.2. The monoisotopic (exact) mass is 326 g/mol. The summed E-state index contributed by atoms with van der Waals surface area (Å²) in [5, 5.41) is 9.02. The Balaban J connectivity index is 1.66. The van der Waals surface area contributed by atoms with Gasteiger partial charge in [0.05, 0.1) is 0 Å². The number of carbonyl (C=O) groups is 1. The topological polar surface area (TPSA) is 87.1 Å². The number of aliphatic carboxylic acids is 1. The molecule has 1 N–H and O–H groups in total. The van der Waals surface area contributed by atoms with Gasteiger partial charge in [0.1, 0.15) is 0 Å². The molecule has 0 aliphatic carbocycles. The average Bonchev–Trinajstić information content (AvgIpc) is 2.86. The van der Waals surface area contributed by atoms with Gasteiger partial charge in [-0.15, -0.1) is 0 Å². The molecule has 22 heavy (non-hydrogen) atoms. The van der Waals surface area contributed by atoms with Crippen molar-refractivity contribution in [1.29, 1.82) is 0 Å². The van der Waals surface area contributed by atoms with Gasteiger partial charge >= 0.3 is 5.97 Å². The summed E-state index contributed by atoms with van der Waals surface area (Å²) in [6, 6.07) is 7.64. The standard InChI is InChI=1S/C14H18N2O5S/c1-21-13(14(17)18)12-8-16(9-12)22(19,20)15-6-10-4-2-3-5-11(10)7-15/h2-5,12-13H,6-9H2,1H3,(H,17,18). The highest BCUT2D eigenvalue weighted by Gasteiger charge is 2.45. The first-order valence-electron chi connectivity index (χ1n) is 7.01. The Labute approximate surface area is 129 Å². The molecule has 3 rings (SSSR count). The number of fused-ring (bicyclic) bond motifs is 1. The van der Waals surface area contributed by atoms with E-state index in [9.17, 15) is 13.2 Å². The number of rotatable bonds is 5. The minimum atomic E-state index is -3.55. The highest BCUT2D eigenvalue weighted by Crippen LogP contribution is 2.31. The molecule has 2 heterocycles. The SMILES string of the molecule is COC(C(=O)O)C1CN(S(=O)(=O)N2Cc3ccccc3C2)C1. The van der Waals surface area contributed by atoms with Crippen molar-refractivity contribution in [3.05, 3.63) is 35.4 Å². The third kappa shape index (κ3) is 2.52. The van der Waals surface area contributed by atoms with Gasteiger partial charge in [0, 0.05) is 39.2 Å². The Morgan fingerprint density at radius 3 is 2.23 bits per heavy atom. The molecular weight excluding hydrogens is 308 g/mol. The van der Waals surface area contributed by atoms with Crippen LogP contribution >= 0.6 is 0 Å². The molecule has 1 atom stereocenters. The lowest BCUT2D eigenvalue weighted by molar-refractivity contribution is -0.154. The number of hydrogen-bond donors (Lipinski definition) is 1. The van der Waals surface area contributed by atoms with Gasteiger partial charge < -0.3 is 9.84 Å². The third-order valence-electron chi connectivity index (χ3n) is 4.27. The Morgan fingerprint density at radius 2 is 1.77 bits per heavy atom. The molecule has 0 radical (unpaired) electrons. The maximum atomic E-state index is 12.6. The fourth-order valence-electron chi connectivity index (χ4n) is 2.97. The molecule has 1 fully saturated rings. The lowest BCUT2D eigenvalue weighted by Crippen LogP contribution is -2.58. The highest BCUT2D eigenvalue weighted by molar-refractivity contribution is 7.86. The van der Waals surface area contributed by atoms with E-state index in [1.165, 1.54) is 15.7 Å². The van der Waals surface area contributed by atoms with Crippen molar-refractivity contribution in [1.82, 2.24) is 8.61 Å². The Morgan fingerprint density at radius 1 is 1.23 bits per heavy atom. The van der Waals surface area contributed by atoms with Crippen LogP contribution in [-0.2, 0) is 32.8 Å². The molecule has 1 aromatic carbocycles. The van der Waals surface area contributed by atoms with Crippen LogP contribution in [0.5, 0.6) is 0 Å². The van der Waals surface area contributed by atoms with Gasteiger partial charge in [-0.25, -0.2) is 4.79 Å². The predicted molar refractivity (Wildman–Crippen MR) is 78.1 cm³/mol. The molecule has 120 valence electrons. The van der Waals surface area contributed by atoms with Gasteiger partial charge in [0.2, 0.25) is 0 Å². The summed E-state index contributed by atoms with van der Waals surface area (Å²) < 4.78 is 32.8. The van der Waals surface area contributed by atoms with Crippen molar-refractivity contribution >= 4 is 16.2 Å². The van der Waals surface area contributed by atoms with Gasteiger partial charge in [-0.05, 0) is 11.1 Å². The Hall–Kier alpha value is -1.48. The van der Waals surface area contributed by atoms with Gasteiger partial charge in [-0.2, -0.15) is 17.0 Å². The van der Waals surface area contributed by atoms with Crippen molar-refractivity contribution in [3.63, 3.8) is 0 Å². The van der Waals surface area contributed by atoms with E-state index in [0.29, 0.717) is 13.1 Å². The minimum Gasteiger partial charge on any atom is -0.479 e. The fourth-order valence-corrected chi connectivity index (χ4v) is 4.66. The zero-order valence-corrected chi connectivity index (χ0v) is 13.0. The quantitative estimate of drug-likeness (QED) is 0.840. The van der Waals surface area contributed by atoms with Crippen molar-refractivity contribution in [3.8, 4) is 0 Å². The van der Waals surface area contributed by atoms with Crippen LogP contribution in [0.4, 0.5) is 0 Å². The highest BCUT2D eigenvalue weighted by atomic mass is 32.2. The maximum Gasteiger partial charge on any atom is 0.333 e. The largest absolute Gasteiger partial charge is 0.479 e. The number of carboxylic acids is 1. The summed E-state index contributed by atoms with van der Waals surface area (Å²) in [7, 11) is -2.23. The van der Waals surface area contributed by atoms with E-state index in [2.05, 4.69) is 0 Å². The van der Waals surface area contributed by atoms with E-state index in [4.69, 9.17) is 9.84 Å². The first-order valence-corrected chi connectivity index (χ1v) is 8.40. The van der Waals surface area contributed by atoms with Gasteiger partial charge in [-0.3, -0.25) is 0 Å². The third-order valence-corrected chi connectivity index (χ3v) is 6.13. The number of carboxylic acid groups (broad SMARTS) is 1. The Kier molecular flexibility index (Phi) is 3.94. The molecule has 0 saturated carbocycles. The fraction of sp³-hybridized carbons (Fsp3) is 0.500. The molecule has 0 amide bonds. The molecule has 0 spiro atoms. The number of benzene rings is 1. The van der Waals surface area contributed by atoms with Gasteiger partial charge in [-0.1, -0.05) is 24.3 Å². The van der Waals surface area contributed by atoms with E-state index >= 15 is 0 Å². The number of nitrogens with zero attached hydrogens (tertiary/aromatic N) is 2. The van der Waals surface area contributed by atoms with Crippen LogP contribution in [-0.4, -0.2) is 54.4 Å². The van der Waals surface area contributed by atoms with E-state index in [-0.39, 0.29) is 19.0 Å². The van der Waals surface area contributed by atoms with Crippen molar-refractivity contribution < 1.29 is 23.1 Å². The van der Waals surface area contributed by atoms with Crippen molar-refractivity contribution in [2.24, 2.45) is 5.92 Å². The summed E-state index contributed by atoms with van der Waals surface area (Å²) >= 11 is 0. The van der Waals surface area contributed by atoms with Crippen LogP contribution < -0.4 is 0 Å². The number of ether oxygens (including phenoxy) is 1. The van der Waals surface area contributed by atoms with E-state index in [0.717, 1.165) is 11.1 Å². The van der Waals surface area contributed by atoms with Gasteiger partial charge in [0.15, 0.2) is 6.10 Å². The molecule has 1 saturated heterocycles. The second-order valence-electron chi connectivity index (χ2n) is 5.62. The lowest BCUT2D eigenvalue weighted by atomic mass is 9.96. The first-order chi connectivity index (χ1) is 10.4. The Bertz CT molecular complexity index is 659. The minimum absolute atomic E-state index is 0.181. The molecule has 0 bridgehead atoms. The smallest absolute Gasteiger partial charge is 0.333 e. The molecule has 2 aliphatic rings. The molecule has 1 unspecified atom stereocenters. The van der Waals surface area contributed by atoms with Crippen LogP contribution in [0.3, 0.4) is 0 Å². The lowest BCUT2D eigenvalue weighted by Gasteiger charge is -2.41. The summed E-state index contributed by atoms with van der Waals surface area (Å²) in [6.45, 7) is 1.10. The second kappa shape index (κ2) is 5.62. The molecule has 2 aliphatic heterocycles. The number of hydrogen-bond acceptors (Lipinski definition) is 4. The summed E-state index contributed by atoms with van der Waals surface area (Å²) in [5.74, 6) is -1.36. The van der Waals surface area contributed by atoms with E-state index < -0.39 is 22.3 Å². The molecule has 8 heteroatoms. The molecular formula is C14H18N2O5S. The van der Waals surface area contributed by atoms with Crippen LogP contribution in [0, 0.1) is 5.92 Å². The first kappa shape index (κ1) is 15.4. The van der Waals surface area contributed by atoms with Crippen LogP contribution in [0.15, 0.2) is 24.3 Å². The average molecular weight is 326 g/mol. The number of methoxy groups -OCH3 is 1. The van der Waals surface area contributed by atoms with Gasteiger partial charge in [0.25, 0.3) is 10.2 Å². The van der Waals surface area contributed by atoms with E-state index in [1.54, 1.807) is 0 Å². The normalized spacial score (nSPS) is 21.3. The van der Waals surface area contributed by atoms with Crippen molar-refractivity contribution in [2.75, 3.05) is 20.2 Å². The molecule has 0 aromatic heterocycles. The maximum absolute atomic E-state index is 12.6. The molecule has 7 nitrogen and oxygen atoms in total. The van der Waals surface area contributed by atoms with Crippen LogP contribution in [0.25, 0.3) is 0 Å². The van der Waals surface area contributed by atoms with E-state index in [1.807, 2.05) is 24.3 Å². The van der Waals surface area contributed by atoms with Crippen molar-refractivity contribution in [2.45, 2.75) is 19.2 Å². The summed E-state index contributed by atoms with van der Waals surface area (Å²) in [6.07, 6.45) is -0.956. The second-order valence-corrected chi connectivity index (χ2v) is 7.54. The van der Waals surface area contributed by atoms with Crippen LogP contribution in [0.2, 0.25) is 0 Å². The molecule has 1 aromatic rings. The summed E-state index contributed by atoms with van der Waals surface area (Å²) in [5.41, 5.74) is 2.03. The zero-order chi connectivity index (χ0) is 15.9. The summed E-state index contributed by atoms with van der Waals surface area (Å²) in [4.78, 5) is 11.0. The predicted octanol–water partition coefficient (Wildman–Crippen LogP) is 0.278.